The second kappa shape index (κ2) is 9.15. The van der Waals surface area contributed by atoms with Crippen molar-refractivity contribution in [1.29, 1.82) is 0 Å². The van der Waals surface area contributed by atoms with E-state index in [-0.39, 0.29) is 18.0 Å². The van der Waals surface area contributed by atoms with Crippen molar-refractivity contribution < 1.29 is 23.8 Å². The largest absolute Gasteiger partial charge is 0.462 e. The molecule has 2 rings (SSSR count). The molecule has 2 atom stereocenters. The zero-order valence-corrected chi connectivity index (χ0v) is 15.2. The van der Waals surface area contributed by atoms with Crippen molar-refractivity contribution in [2.75, 3.05) is 25.1 Å². The SMILES string of the molecule is CCOC(=O)c1sc(NC(=O)C(C)OCC2CCCCO2)cc1C. The fourth-order valence-electron chi connectivity index (χ4n) is 2.43. The number of rotatable bonds is 7. The number of carbonyl (C=O) groups excluding carboxylic acids is 2. The molecule has 1 aliphatic rings. The molecule has 134 valence electrons. The number of thiophene rings is 1. The lowest BCUT2D eigenvalue weighted by atomic mass is 10.1. The molecular formula is C17H25NO5S. The van der Waals surface area contributed by atoms with E-state index in [1.54, 1.807) is 19.9 Å². The van der Waals surface area contributed by atoms with Gasteiger partial charge in [-0.25, -0.2) is 4.79 Å². The van der Waals surface area contributed by atoms with E-state index in [0.717, 1.165) is 31.4 Å². The lowest BCUT2D eigenvalue weighted by Crippen LogP contribution is -2.32. The number of hydrogen-bond donors (Lipinski definition) is 1. The summed E-state index contributed by atoms with van der Waals surface area (Å²) in [5.41, 5.74) is 0.790. The molecule has 1 aromatic rings. The summed E-state index contributed by atoms with van der Waals surface area (Å²) >= 11 is 1.21. The van der Waals surface area contributed by atoms with Crippen LogP contribution in [-0.4, -0.2) is 43.9 Å². The number of ether oxygens (including phenoxy) is 3. The Bertz CT molecular complexity index is 565. The molecule has 0 saturated carbocycles. The highest BCUT2D eigenvalue weighted by Gasteiger charge is 2.21. The van der Waals surface area contributed by atoms with Gasteiger partial charge in [0.1, 0.15) is 11.0 Å². The first-order chi connectivity index (χ1) is 11.5. The summed E-state index contributed by atoms with van der Waals surface area (Å²) < 4.78 is 16.2. The molecule has 1 N–H and O–H groups in total. The van der Waals surface area contributed by atoms with Crippen LogP contribution in [0, 0.1) is 6.92 Å². The smallest absolute Gasteiger partial charge is 0.348 e. The van der Waals surface area contributed by atoms with Gasteiger partial charge in [-0.15, -0.1) is 11.3 Å². The average molecular weight is 355 g/mol. The number of esters is 1. The highest BCUT2D eigenvalue weighted by molar-refractivity contribution is 7.18. The van der Waals surface area contributed by atoms with Crippen molar-refractivity contribution in [3.05, 3.63) is 16.5 Å². The summed E-state index contributed by atoms with van der Waals surface area (Å²) in [6.45, 7) is 6.81. The molecule has 24 heavy (non-hydrogen) atoms. The predicted molar refractivity (Wildman–Crippen MR) is 92.6 cm³/mol. The third kappa shape index (κ3) is 5.29. The van der Waals surface area contributed by atoms with Crippen molar-refractivity contribution in [3.63, 3.8) is 0 Å². The molecule has 2 unspecified atom stereocenters. The molecule has 0 bridgehead atoms. The molecule has 0 spiro atoms. The molecule has 7 heteroatoms. The van der Waals surface area contributed by atoms with Gasteiger partial charge in [-0.2, -0.15) is 0 Å². The predicted octanol–water partition coefficient (Wildman–Crippen LogP) is 3.15. The van der Waals surface area contributed by atoms with E-state index in [2.05, 4.69) is 5.32 Å². The standard InChI is InChI=1S/C17H25NO5S/c1-4-21-17(20)15-11(2)9-14(24-15)18-16(19)12(3)23-10-13-7-5-6-8-22-13/h9,12-13H,4-8,10H2,1-3H3,(H,18,19). The van der Waals surface area contributed by atoms with Crippen LogP contribution >= 0.6 is 11.3 Å². The Morgan fingerprint density at radius 1 is 1.46 bits per heavy atom. The second-order valence-electron chi connectivity index (χ2n) is 5.80. The van der Waals surface area contributed by atoms with Crippen molar-refractivity contribution >= 4 is 28.2 Å². The number of nitrogens with one attached hydrogen (secondary N) is 1. The van der Waals surface area contributed by atoms with Crippen molar-refractivity contribution in [2.24, 2.45) is 0 Å². The molecular weight excluding hydrogens is 330 g/mol. The molecule has 0 radical (unpaired) electrons. The quantitative estimate of drug-likeness (QED) is 0.761. The normalized spacial score (nSPS) is 18.9. The van der Waals surface area contributed by atoms with Crippen molar-refractivity contribution in [2.45, 2.75) is 52.2 Å². The summed E-state index contributed by atoms with van der Waals surface area (Å²) in [5, 5.41) is 3.41. The van der Waals surface area contributed by atoms with Crippen LogP contribution in [-0.2, 0) is 19.0 Å². The Kier molecular flexibility index (Phi) is 7.20. The minimum absolute atomic E-state index is 0.0772. The third-order valence-electron chi connectivity index (χ3n) is 3.80. The van der Waals surface area contributed by atoms with E-state index in [1.165, 1.54) is 11.3 Å². The van der Waals surface area contributed by atoms with Gasteiger partial charge in [-0.05, 0) is 51.7 Å². The van der Waals surface area contributed by atoms with Gasteiger partial charge in [0.25, 0.3) is 5.91 Å². The van der Waals surface area contributed by atoms with Crippen LogP contribution in [0.3, 0.4) is 0 Å². The zero-order chi connectivity index (χ0) is 17.5. The first-order valence-corrected chi connectivity index (χ1v) is 9.14. The Morgan fingerprint density at radius 3 is 2.92 bits per heavy atom. The van der Waals surface area contributed by atoms with Crippen LogP contribution in [0.1, 0.15) is 48.3 Å². The summed E-state index contributed by atoms with van der Waals surface area (Å²) in [6, 6.07) is 1.77. The van der Waals surface area contributed by atoms with Gasteiger partial charge in [-0.1, -0.05) is 0 Å². The highest BCUT2D eigenvalue weighted by atomic mass is 32.1. The molecule has 0 aliphatic carbocycles. The van der Waals surface area contributed by atoms with Crippen LogP contribution in [0.4, 0.5) is 5.00 Å². The van der Waals surface area contributed by atoms with Crippen LogP contribution in [0.2, 0.25) is 0 Å². The van der Waals surface area contributed by atoms with Crippen molar-refractivity contribution in [3.8, 4) is 0 Å². The first kappa shape index (κ1) is 18.9. The molecule has 2 heterocycles. The lowest BCUT2D eigenvalue weighted by molar-refractivity contribution is -0.130. The number of amides is 1. The number of hydrogen-bond acceptors (Lipinski definition) is 6. The maximum absolute atomic E-state index is 12.2. The topological polar surface area (TPSA) is 73.9 Å². The van der Waals surface area contributed by atoms with Crippen molar-refractivity contribution in [1.82, 2.24) is 0 Å². The monoisotopic (exact) mass is 355 g/mol. The molecule has 1 aliphatic heterocycles. The van der Waals surface area contributed by atoms with Crippen LogP contribution < -0.4 is 5.32 Å². The van der Waals surface area contributed by atoms with Gasteiger partial charge in [0.2, 0.25) is 0 Å². The Balaban J connectivity index is 1.84. The number of aryl methyl sites for hydroxylation is 1. The van der Waals surface area contributed by atoms with Gasteiger partial charge >= 0.3 is 5.97 Å². The molecule has 1 amide bonds. The third-order valence-corrected chi connectivity index (χ3v) is 4.93. The van der Waals surface area contributed by atoms with Crippen LogP contribution in [0.5, 0.6) is 0 Å². The Morgan fingerprint density at radius 2 is 2.25 bits per heavy atom. The van der Waals surface area contributed by atoms with E-state index in [4.69, 9.17) is 14.2 Å². The molecule has 0 aromatic carbocycles. The summed E-state index contributed by atoms with van der Waals surface area (Å²) in [7, 11) is 0. The maximum Gasteiger partial charge on any atom is 0.348 e. The highest BCUT2D eigenvalue weighted by Crippen LogP contribution is 2.27. The Labute approximate surface area is 146 Å². The van der Waals surface area contributed by atoms with E-state index < -0.39 is 6.10 Å². The minimum Gasteiger partial charge on any atom is -0.462 e. The van der Waals surface area contributed by atoms with Crippen LogP contribution in [0.15, 0.2) is 6.07 Å². The average Bonchev–Trinajstić information content (AvgIpc) is 2.94. The molecule has 1 saturated heterocycles. The van der Waals surface area contributed by atoms with Crippen LogP contribution in [0.25, 0.3) is 0 Å². The fourth-order valence-corrected chi connectivity index (χ4v) is 3.40. The van der Waals surface area contributed by atoms with Gasteiger partial charge in [-0.3, -0.25) is 4.79 Å². The van der Waals surface area contributed by atoms with E-state index in [0.29, 0.717) is 23.1 Å². The van der Waals surface area contributed by atoms with E-state index >= 15 is 0 Å². The van der Waals surface area contributed by atoms with Gasteiger partial charge < -0.3 is 19.5 Å². The zero-order valence-electron chi connectivity index (χ0n) is 14.4. The van der Waals surface area contributed by atoms with Gasteiger partial charge in [0.05, 0.1) is 24.3 Å². The van der Waals surface area contributed by atoms with E-state index in [9.17, 15) is 9.59 Å². The summed E-state index contributed by atoms with van der Waals surface area (Å²) in [4.78, 5) is 24.5. The Hall–Kier alpha value is -1.44. The van der Waals surface area contributed by atoms with Gasteiger partial charge in [0, 0.05) is 6.61 Å². The molecule has 6 nitrogen and oxygen atoms in total. The summed E-state index contributed by atoms with van der Waals surface area (Å²) in [6.07, 6.45) is 2.70. The minimum atomic E-state index is -0.580. The van der Waals surface area contributed by atoms with Gasteiger partial charge in [0.15, 0.2) is 0 Å². The molecule has 1 aromatic heterocycles. The fraction of sp³-hybridized carbons (Fsp3) is 0.647. The maximum atomic E-state index is 12.2. The number of anilines is 1. The second-order valence-corrected chi connectivity index (χ2v) is 6.85. The molecule has 1 fully saturated rings. The first-order valence-electron chi connectivity index (χ1n) is 8.33. The summed E-state index contributed by atoms with van der Waals surface area (Å²) in [5.74, 6) is -0.596. The number of carbonyl (C=O) groups is 2. The van der Waals surface area contributed by atoms with E-state index in [1.807, 2.05) is 6.92 Å². The lowest BCUT2D eigenvalue weighted by Gasteiger charge is -2.23.